The number of likely N-dealkylation sites (N-methyl/N-ethyl adjacent to an activating group) is 2. The zero-order valence-electron chi connectivity index (χ0n) is 11.8. The summed E-state index contributed by atoms with van der Waals surface area (Å²) in [6.07, 6.45) is 6.16. The van der Waals surface area contributed by atoms with E-state index in [2.05, 4.69) is 74.5 Å². The summed E-state index contributed by atoms with van der Waals surface area (Å²) in [6, 6.07) is 4.26. The van der Waals surface area contributed by atoms with Crippen molar-refractivity contribution in [3.63, 3.8) is 0 Å². The standard InChI is InChI=1S/C15H19BrN4/c1-19-7-12(8-19)11-3-4-15(17-6-11)18-14-5-13(16)9-20(2)10-14/h3-6,9,12H,7-8,10H2,1-2H3,(H,17,18). The van der Waals surface area contributed by atoms with Crippen molar-refractivity contribution in [2.75, 3.05) is 39.0 Å². The molecule has 0 saturated carbocycles. The summed E-state index contributed by atoms with van der Waals surface area (Å²) in [5.74, 6) is 1.56. The van der Waals surface area contributed by atoms with Crippen LogP contribution >= 0.6 is 15.9 Å². The van der Waals surface area contributed by atoms with E-state index in [1.165, 1.54) is 5.56 Å². The number of halogens is 1. The number of rotatable bonds is 3. The second kappa shape index (κ2) is 5.58. The molecule has 0 radical (unpaired) electrons. The van der Waals surface area contributed by atoms with Crippen LogP contribution in [-0.4, -0.2) is 48.5 Å². The van der Waals surface area contributed by atoms with Crippen molar-refractivity contribution in [3.05, 3.63) is 46.3 Å². The highest BCUT2D eigenvalue weighted by Gasteiger charge is 2.24. The highest BCUT2D eigenvalue weighted by Crippen LogP contribution is 2.26. The molecule has 0 spiro atoms. The summed E-state index contributed by atoms with van der Waals surface area (Å²) in [6.45, 7) is 3.15. The van der Waals surface area contributed by atoms with E-state index in [0.717, 1.165) is 35.6 Å². The lowest BCUT2D eigenvalue weighted by atomic mass is 9.93. The number of nitrogens with one attached hydrogen (secondary N) is 1. The van der Waals surface area contributed by atoms with Crippen LogP contribution in [0.15, 0.2) is 40.8 Å². The molecule has 0 aromatic carbocycles. The fraction of sp³-hybridized carbons (Fsp3) is 0.400. The summed E-state index contributed by atoms with van der Waals surface area (Å²) in [7, 11) is 4.21. The van der Waals surface area contributed by atoms with Gasteiger partial charge in [0.05, 0.1) is 6.54 Å². The van der Waals surface area contributed by atoms with Gasteiger partial charge >= 0.3 is 0 Å². The number of nitrogens with zero attached hydrogens (tertiary/aromatic N) is 3. The Morgan fingerprint density at radius 1 is 1.30 bits per heavy atom. The molecule has 0 aliphatic carbocycles. The first-order chi connectivity index (χ1) is 9.60. The largest absolute Gasteiger partial charge is 0.374 e. The number of likely N-dealkylation sites (tertiary alicyclic amines) is 1. The van der Waals surface area contributed by atoms with Gasteiger partial charge in [0.25, 0.3) is 0 Å². The fourth-order valence-corrected chi connectivity index (χ4v) is 3.27. The Hall–Kier alpha value is -1.33. The van der Waals surface area contributed by atoms with Gasteiger partial charge in [-0.25, -0.2) is 4.98 Å². The van der Waals surface area contributed by atoms with Crippen molar-refractivity contribution in [2.24, 2.45) is 0 Å². The van der Waals surface area contributed by atoms with Crippen molar-refractivity contribution < 1.29 is 0 Å². The first kappa shape index (κ1) is 13.6. The van der Waals surface area contributed by atoms with E-state index in [0.29, 0.717) is 5.92 Å². The Kier molecular flexibility index (Phi) is 3.81. The van der Waals surface area contributed by atoms with Crippen molar-refractivity contribution in [1.82, 2.24) is 14.8 Å². The van der Waals surface area contributed by atoms with Gasteiger partial charge in [0, 0.05) is 48.6 Å². The van der Waals surface area contributed by atoms with Gasteiger partial charge in [0.2, 0.25) is 0 Å². The molecule has 1 aromatic rings. The second-order valence-corrected chi connectivity index (χ2v) is 6.53. The predicted octanol–water partition coefficient (Wildman–Crippen LogP) is 2.59. The molecule has 0 unspecified atom stereocenters. The molecule has 20 heavy (non-hydrogen) atoms. The van der Waals surface area contributed by atoms with Gasteiger partial charge in [-0.15, -0.1) is 0 Å². The summed E-state index contributed by atoms with van der Waals surface area (Å²) >= 11 is 3.51. The number of hydrogen-bond donors (Lipinski definition) is 1. The summed E-state index contributed by atoms with van der Waals surface area (Å²) in [5.41, 5.74) is 2.48. The Balaban J connectivity index is 1.65. The monoisotopic (exact) mass is 334 g/mol. The summed E-state index contributed by atoms with van der Waals surface area (Å²) in [4.78, 5) is 8.98. The molecule has 106 valence electrons. The molecular weight excluding hydrogens is 316 g/mol. The first-order valence-electron chi connectivity index (χ1n) is 6.80. The van der Waals surface area contributed by atoms with Gasteiger partial charge in [-0.05, 0) is 40.7 Å². The Morgan fingerprint density at radius 2 is 2.10 bits per heavy atom. The number of aromatic nitrogens is 1. The van der Waals surface area contributed by atoms with Crippen LogP contribution in [0, 0.1) is 0 Å². The lowest BCUT2D eigenvalue weighted by Crippen LogP contribution is -2.41. The van der Waals surface area contributed by atoms with E-state index < -0.39 is 0 Å². The average Bonchev–Trinajstić information content (AvgIpc) is 2.35. The van der Waals surface area contributed by atoms with Crippen LogP contribution in [-0.2, 0) is 0 Å². The van der Waals surface area contributed by atoms with E-state index in [1.54, 1.807) is 0 Å². The lowest BCUT2D eigenvalue weighted by Gasteiger charge is -2.36. The third kappa shape index (κ3) is 3.04. The van der Waals surface area contributed by atoms with Crippen LogP contribution in [0.1, 0.15) is 11.5 Å². The minimum atomic E-state index is 0.652. The molecule has 1 saturated heterocycles. The molecule has 0 atom stereocenters. The lowest BCUT2D eigenvalue weighted by molar-refractivity contribution is 0.189. The Morgan fingerprint density at radius 3 is 2.70 bits per heavy atom. The predicted molar refractivity (Wildman–Crippen MR) is 85.8 cm³/mol. The average molecular weight is 335 g/mol. The number of allylic oxidation sites excluding steroid dienone is 2. The molecule has 1 aromatic heterocycles. The molecule has 2 aliphatic heterocycles. The maximum absolute atomic E-state index is 4.53. The quantitative estimate of drug-likeness (QED) is 0.920. The minimum absolute atomic E-state index is 0.652. The number of anilines is 1. The summed E-state index contributed by atoms with van der Waals surface area (Å²) in [5, 5.41) is 3.38. The van der Waals surface area contributed by atoms with E-state index in [9.17, 15) is 0 Å². The third-order valence-electron chi connectivity index (χ3n) is 3.69. The topological polar surface area (TPSA) is 31.4 Å². The van der Waals surface area contributed by atoms with Crippen molar-refractivity contribution in [1.29, 1.82) is 0 Å². The van der Waals surface area contributed by atoms with Crippen LogP contribution in [0.2, 0.25) is 0 Å². The molecule has 1 fully saturated rings. The van der Waals surface area contributed by atoms with E-state index in [4.69, 9.17) is 0 Å². The van der Waals surface area contributed by atoms with E-state index in [-0.39, 0.29) is 0 Å². The normalized spacial score (nSPS) is 20.2. The van der Waals surface area contributed by atoms with Gasteiger partial charge in [0.15, 0.2) is 0 Å². The zero-order chi connectivity index (χ0) is 14.1. The Labute approximate surface area is 128 Å². The second-order valence-electron chi connectivity index (χ2n) is 5.62. The zero-order valence-corrected chi connectivity index (χ0v) is 13.4. The highest BCUT2D eigenvalue weighted by atomic mass is 79.9. The molecule has 2 aliphatic rings. The van der Waals surface area contributed by atoms with Gasteiger partial charge in [-0.3, -0.25) is 0 Å². The third-order valence-corrected chi connectivity index (χ3v) is 4.12. The number of pyridine rings is 1. The molecule has 4 nitrogen and oxygen atoms in total. The van der Waals surface area contributed by atoms with Crippen LogP contribution in [0.3, 0.4) is 0 Å². The molecular formula is C15H19BrN4. The molecule has 3 rings (SSSR count). The van der Waals surface area contributed by atoms with Gasteiger partial charge in [0.1, 0.15) is 5.82 Å². The maximum atomic E-state index is 4.53. The Bertz CT molecular complexity index is 543. The number of hydrogen-bond acceptors (Lipinski definition) is 4. The van der Waals surface area contributed by atoms with Crippen LogP contribution in [0.4, 0.5) is 5.82 Å². The van der Waals surface area contributed by atoms with Gasteiger partial charge in [-0.2, -0.15) is 0 Å². The molecule has 3 heterocycles. The van der Waals surface area contributed by atoms with Crippen LogP contribution in [0.25, 0.3) is 0 Å². The van der Waals surface area contributed by atoms with Gasteiger partial charge in [-0.1, -0.05) is 6.07 Å². The molecule has 0 bridgehead atoms. The van der Waals surface area contributed by atoms with Crippen molar-refractivity contribution in [2.45, 2.75) is 5.92 Å². The molecule has 0 amide bonds. The van der Waals surface area contributed by atoms with Crippen LogP contribution < -0.4 is 5.32 Å². The van der Waals surface area contributed by atoms with Gasteiger partial charge < -0.3 is 15.1 Å². The van der Waals surface area contributed by atoms with Crippen molar-refractivity contribution >= 4 is 21.7 Å². The maximum Gasteiger partial charge on any atom is 0.130 e. The fourth-order valence-electron chi connectivity index (χ4n) is 2.64. The van der Waals surface area contributed by atoms with E-state index in [1.807, 2.05) is 6.20 Å². The summed E-state index contributed by atoms with van der Waals surface area (Å²) < 4.78 is 1.07. The van der Waals surface area contributed by atoms with Crippen molar-refractivity contribution in [3.8, 4) is 0 Å². The first-order valence-corrected chi connectivity index (χ1v) is 7.59. The minimum Gasteiger partial charge on any atom is -0.374 e. The SMILES string of the molecule is CN1C=C(Br)C=C(Nc2ccc(C3CN(C)C3)cn2)C1. The molecule has 5 heteroatoms. The molecule has 1 N–H and O–H groups in total. The highest BCUT2D eigenvalue weighted by molar-refractivity contribution is 9.11. The van der Waals surface area contributed by atoms with Crippen LogP contribution in [0.5, 0.6) is 0 Å². The van der Waals surface area contributed by atoms with E-state index >= 15 is 0 Å². The smallest absolute Gasteiger partial charge is 0.130 e.